The van der Waals surface area contributed by atoms with Gasteiger partial charge in [0.25, 0.3) is 0 Å². The zero-order valence-electron chi connectivity index (χ0n) is 16.2. The second-order valence-electron chi connectivity index (χ2n) is 7.09. The van der Waals surface area contributed by atoms with Crippen molar-refractivity contribution in [2.24, 2.45) is 5.92 Å². The number of nitrogens with one attached hydrogen (secondary N) is 1. The summed E-state index contributed by atoms with van der Waals surface area (Å²) in [7, 11) is -2.01. The fourth-order valence-corrected chi connectivity index (χ4v) is 4.79. The number of carbonyl (C=O) groups excluding carboxylic acids is 1. The van der Waals surface area contributed by atoms with Gasteiger partial charge < -0.3 is 10.1 Å². The highest BCUT2D eigenvalue weighted by molar-refractivity contribution is 7.89. The third-order valence-corrected chi connectivity index (χ3v) is 6.98. The van der Waals surface area contributed by atoms with E-state index in [-0.39, 0.29) is 17.2 Å². The van der Waals surface area contributed by atoms with Crippen molar-refractivity contribution in [1.82, 2.24) is 4.31 Å². The molecule has 0 bridgehead atoms. The van der Waals surface area contributed by atoms with Gasteiger partial charge in [0.05, 0.1) is 24.2 Å². The van der Waals surface area contributed by atoms with Crippen LogP contribution in [0.1, 0.15) is 30.1 Å². The van der Waals surface area contributed by atoms with E-state index < -0.39 is 10.0 Å². The minimum atomic E-state index is -3.58. The largest absolute Gasteiger partial charge is 0.495 e. The molecule has 6 nitrogen and oxygen atoms in total. The first kappa shape index (κ1) is 20.4. The Kier molecular flexibility index (Phi) is 6.36. The highest BCUT2D eigenvalue weighted by atomic mass is 32.2. The number of piperidine rings is 1. The van der Waals surface area contributed by atoms with Crippen molar-refractivity contribution in [3.8, 4) is 5.75 Å². The zero-order chi connectivity index (χ0) is 20.1. The van der Waals surface area contributed by atoms with Crippen molar-refractivity contribution in [2.45, 2.75) is 24.7 Å². The van der Waals surface area contributed by atoms with Gasteiger partial charge in [-0.25, -0.2) is 8.42 Å². The first-order valence-corrected chi connectivity index (χ1v) is 10.9. The van der Waals surface area contributed by atoms with E-state index in [0.29, 0.717) is 36.0 Å². The maximum absolute atomic E-state index is 12.9. The van der Waals surface area contributed by atoms with Crippen LogP contribution >= 0.6 is 0 Å². The molecule has 0 aromatic heterocycles. The third-order valence-electron chi connectivity index (χ3n) is 5.08. The molecule has 0 spiro atoms. The number of Topliss-reactive ketones (excluding diaryl/α,β-unsaturated/α-hetero) is 1. The fraction of sp³-hybridized carbons (Fsp3) is 0.381. The Labute approximate surface area is 166 Å². The average molecular weight is 403 g/mol. The number of sulfonamides is 1. The number of carbonyl (C=O) groups is 1. The van der Waals surface area contributed by atoms with Crippen LogP contribution in [0.2, 0.25) is 0 Å². The fourth-order valence-electron chi connectivity index (χ4n) is 3.27. The van der Waals surface area contributed by atoms with Crippen LogP contribution in [0.25, 0.3) is 0 Å². The predicted molar refractivity (Wildman–Crippen MR) is 109 cm³/mol. The molecule has 1 heterocycles. The lowest BCUT2D eigenvalue weighted by Crippen LogP contribution is -2.37. The minimum Gasteiger partial charge on any atom is -0.495 e. The van der Waals surface area contributed by atoms with Crippen LogP contribution in [0.15, 0.2) is 53.4 Å². The third kappa shape index (κ3) is 4.54. The van der Waals surface area contributed by atoms with Crippen molar-refractivity contribution in [3.05, 3.63) is 54.1 Å². The van der Waals surface area contributed by atoms with E-state index in [1.54, 1.807) is 31.4 Å². The van der Waals surface area contributed by atoms with Crippen molar-refractivity contribution < 1.29 is 17.9 Å². The summed E-state index contributed by atoms with van der Waals surface area (Å²) in [6, 6.07) is 13.6. The Hall–Kier alpha value is -2.38. The maximum Gasteiger partial charge on any atom is 0.243 e. The number of ketones is 1. The van der Waals surface area contributed by atoms with E-state index in [2.05, 4.69) is 12.2 Å². The molecule has 1 saturated heterocycles. The molecule has 28 heavy (non-hydrogen) atoms. The summed E-state index contributed by atoms with van der Waals surface area (Å²) in [5.41, 5.74) is 1.08. The van der Waals surface area contributed by atoms with Crippen LogP contribution in [0, 0.1) is 5.92 Å². The Bertz CT molecular complexity index is 935. The Balaban J connectivity index is 1.72. The van der Waals surface area contributed by atoms with Gasteiger partial charge in [-0.3, -0.25) is 4.79 Å². The van der Waals surface area contributed by atoms with Gasteiger partial charge in [0.2, 0.25) is 10.0 Å². The minimum absolute atomic E-state index is 0.0467. The number of hydrogen-bond acceptors (Lipinski definition) is 5. The second-order valence-corrected chi connectivity index (χ2v) is 9.03. The number of rotatable bonds is 7. The average Bonchev–Trinajstić information content (AvgIpc) is 2.72. The lowest BCUT2D eigenvalue weighted by Gasteiger charge is -2.29. The molecule has 1 fully saturated rings. The molecule has 7 heteroatoms. The molecule has 0 saturated carbocycles. The lowest BCUT2D eigenvalue weighted by atomic mass is 10.0. The monoisotopic (exact) mass is 402 g/mol. The number of benzene rings is 2. The highest BCUT2D eigenvalue weighted by Crippen LogP contribution is 2.25. The molecule has 1 aliphatic heterocycles. The van der Waals surface area contributed by atoms with Crippen LogP contribution < -0.4 is 10.1 Å². The van der Waals surface area contributed by atoms with Crippen molar-refractivity contribution in [2.75, 3.05) is 32.1 Å². The van der Waals surface area contributed by atoms with Crippen LogP contribution in [0.4, 0.5) is 5.69 Å². The Morgan fingerprint density at radius 2 is 1.86 bits per heavy atom. The number of methoxy groups -OCH3 is 1. The van der Waals surface area contributed by atoms with Crippen LogP contribution in [0.3, 0.4) is 0 Å². The molecular formula is C21H26N2O4S. The number of nitrogens with zero attached hydrogens (tertiary/aromatic N) is 1. The van der Waals surface area contributed by atoms with Crippen molar-refractivity contribution in [3.63, 3.8) is 0 Å². The molecule has 1 aliphatic rings. The molecule has 0 atom stereocenters. The van der Waals surface area contributed by atoms with Crippen molar-refractivity contribution in [1.29, 1.82) is 0 Å². The van der Waals surface area contributed by atoms with E-state index >= 15 is 0 Å². The molecule has 0 amide bonds. The van der Waals surface area contributed by atoms with E-state index in [1.807, 2.05) is 18.2 Å². The van der Waals surface area contributed by atoms with Gasteiger partial charge in [-0.1, -0.05) is 31.2 Å². The molecular weight excluding hydrogens is 376 g/mol. The first-order valence-electron chi connectivity index (χ1n) is 9.42. The quantitative estimate of drug-likeness (QED) is 0.719. The van der Waals surface area contributed by atoms with E-state index in [4.69, 9.17) is 4.74 Å². The van der Waals surface area contributed by atoms with Gasteiger partial charge in [-0.05, 0) is 43.0 Å². The standard InChI is InChI=1S/C21H26N2O4S/c1-16-10-12-23(13-11-16)28(25,26)18-7-5-6-17(14-18)20(24)15-22-19-8-3-4-9-21(19)27-2/h3-9,14,16,22H,10-13,15H2,1-2H3. The summed E-state index contributed by atoms with van der Waals surface area (Å²) in [6.45, 7) is 3.23. The van der Waals surface area contributed by atoms with E-state index in [1.165, 1.54) is 10.4 Å². The highest BCUT2D eigenvalue weighted by Gasteiger charge is 2.28. The summed E-state index contributed by atoms with van der Waals surface area (Å²) >= 11 is 0. The number of anilines is 1. The van der Waals surface area contributed by atoms with Crippen LogP contribution in [-0.2, 0) is 10.0 Å². The summed E-state index contributed by atoms with van der Waals surface area (Å²) in [4.78, 5) is 12.8. The number of para-hydroxylation sites is 2. The molecule has 2 aromatic carbocycles. The maximum atomic E-state index is 12.9. The van der Waals surface area contributed by atoms with Gasteiger partial charge in [0, 0.05) is 18.7 Å². The molecule has 1 N–H and O–H groups in total. The normalized spacial score (nSPS) is 15.9. The second kappa shape index (κ2) is 8.75. The zero-order valence-corrected chi connectivity index (χ0v) is 17.0. The molecule has 0 aliphatic carbocycles. The first-order chi connectivity index (χ1) is 13.4. The SMILES string of the molecule is COc1ccccc1NCC(=O)c1cccc(S(=O)(=O)N2CCC(C)CC2)c1. The summed E-state index contributed by atoms with van der Waals surface area (Å²) in [6.07, 6.45) is 1.72. The van der Waals surface area contributed by atoms with Gasteiger partial charge in [-0.2, -0.15) is 4.31 Å². The molecule has 0 unspecified atom stereocenters. The molecule has 2 aromatic rings. The predicted octanol–water partition coefficient (Wildman–Crippen LogP) is 3.41. The summed E-state index contributed by atoms with van der Waals surface area (Å²) < 4.78 is 32.6. The lowest BCUT2D eigenvalue weighted by molar-refractivity contribution is 0.101. The van der Waals surface area contributed by atoms with E-state index in [9.17, 15) is 13.2 Å². The molecule has 3 rings (SSSR count). The summed E-state index contributed by atoms with van der Waals surface area (Å²) in [5.74, 6) is 1.00. The van der Waals surface area contributed by atoms with Gasteiger partial charge in [0.15, 0.2) is 5.78 Å². The van der Waals surface area contributed by atoms with Crippen LogP contribution in [0.5, 0.6) is 5.75 Å². The Morgan fingerprint density at radius 1 is 1.14 bits per heavy atom. The van der Waals surface area contributed by atoms with E-state index in [0.717, 1.165) is 12.8 Å². The van der Waals surface area contributed by atoms with Crippen molar-refractivity contribution >= 4 is 21.5 Å². The number of ether oxygens (including phenoxy) is 1. The smallest absolute Gasteiger partial charge is 0.243 e. The molecule has 150 valence electrons. The van der Waals surface area contributed by atoms with Gasteiger partial charge >= 0.3 is 0 Å². The summed E-state index contributed by atoms with van der Waals surface area (Å²) in [5, 5.41) is 3.05. The topological polar surface area (TPSA) is 75.7 Å². The van der Waals surface area contributed by atoms with Crippen LogP contribution in [-0.4, -0.2) is 45.3 Å². The Morgan fingerprint density at radius 3 is 2.57 bits per heavy atom. The van der Waals surface area contributed by atoms with Gasteiger partial charge in [0.1, 0.15) is 5.75 Å². The number of hydrogen-bond donors (Lipinski definition) is 1. The molecule has 0 radical (unpaired) electrons. The van der Waals surface area contributed by atoms with Gasteiger partial charge in [-0.15, -0.1) is 0 Å².